The summed E-state index contributed by atoms with van der Waals surface area (Å²) >= 11 is 6.94. The zero-order valence-electron chi connectivity index (χ0n) is 9.04. The van der Waals surface area contributed by atoms with Crippen molar-refractivity contribution in [3.8, 4) is 5.75 Å². The fourth-order valence-corrected chi connectivity index (χ4v) is 3.16. The fourth-order valence-electron chi connectivity index (χ4n) is 1.27. The highest BCUT2D eigenvalue weighted by atomic mass is 35.5. The normalized spacial score (nSPS) is 11.4. The molecule has 0 aliphatic carbocycles. The van der Waals surface area contributed by atoms with E-state index in [0.29, 0.717) is 10.6 Å². The van der Waals surface area contributed by atoms with Crippen molar-refractivity contribution in [3.63, 3.8) is 0 Å². The van der Waals surface area contributed by atoms with Gasteiger partial charge < -0.3 is 9.29 Å². The van der Waals surface area contributed by atoms with Gasteiger partial charge >= 0.3 is 10.1 Å². The van der Waals surface area contributed by atoms with Crippen LogP contribution in [0, 0.1) is 0 Å². The standard InChI is InChI=1S/C11H9ClO4S2/c12-9-1-3-10(4-2-9)18(14,15)16-11-7-17-6-8(11)5-13/h1-4,6-7,13H,5H2. The van der Waals surface area contributed by atoms with Gasteiger partial charge in [0.05, 0.1) is 6.61 Å². The monoisotopic (exact) mass is 304 g/mol. The molecule has 0 radical (unpaired) electrons. The lowest BCUT2D eigenvalue weighted by atomic mass is 10.3. The van der Waals surface area contributed by atoms with Crippen LogP contribution in [0.2, 0.25) is 5.02 Å². The highest BCUT2D eigenvalue weighted by molar-refractivity contribution is 7.87. The van der Waals surface area contributed by atoms with Gasteiger partial charge in [0.15, 0.2) is 5.75 Å². The molecule has 0 saturated carbocycles. The molecule has 0 saturated heterocycles. The molecule has 0 fully saturated rings. The van der Waals surface area contributed by atoms with Crippen molar-refractivity contribution in [2.75, 3.05) is 0 Å². The molecular formula is C11H9ClO4S2. The van der Waals surface area contributed by atoms with Crippen LogP contribution in [0.1, 0.15) is 5.56 Å². The zero-order chi connectivity index (χ0) is 13.2. The van der Waals surface area contributed by atoms with Gasteiger partial charge in [0.1, 0.15) is 4.90 Å². The van der Waals surface area contributed by atoms with Crippen LogP contribution in [0.4, 0.5) is 0 Å². The smallest absolute Gasteiger partial charge is 0.339 e. The minimum absolute atomic E-state index is 0.0157. The van der Waals surface area contributed by atoms with Crippen molar-refractivity contribution in [2.24, 2.45) is 0 Å². The van der Waals surface area contributed by atoms with E-state index in [1.807, 2.05) is 0 Å². The zero-order valence-corrected chi connectivity index (χ0v) is 11.4. The highest BCUT2D eigenvalue weighted by Gasteiger charge is 2.18. The molecule has 0 spiro atoms. The molecule has 1 heterocycles. The number of benzene rings is 1. The average Bonchev–Trinajstić information content (AvgIpc) is 2.76. The van der Waals surface area contributed by atoms with Crippen LogP contribution in [0.3, 0.4) is 0 Å². The lowest BCUT2D eigenvalue weighted by Crippen LogP contribution is -2.10. The number of rotatable bonds is 4. The summed E-state index contributed by atoms with van der Waals surface area (Å²) in [6, 6.07) is 5.67. The third-order valence-electron chi connectivity index (χ3n) is 2.17. The van der Waals surface area contributed by atoms with E-state index in [2.05, 4.69) is 0 Å². The summed E-state index contributed by atoms with van der Waals surface area (Å²) < 4.78 is 28.8. The molecular weight excluding hydrogens is 296 g/mol. The van der Waals surface area contributed by atoms with Crippen LogP contribution in [0.25, 0.3) is 0 Å². The van der Waals surface area contributed by atoms with Gasteiger partial charge in [0.25, 0.3) is 0 Å². The molecule has 1 aromatic carbocycles. The molecule has 1 aromatic heterocycles. The number of halogens is 1. The Bertz CT molecular complexity index is 631. The van der Waals surface area contributed by atoms with Gasteiger partial charge in [-0.3, -0.25) is 0 Å². The Kier molecular flexibility index (Phi) is 3.91. The van der Waals surface area contributed by atoms with Gasteiger partial charge in [0, 0.05) is 21.3 Å². The number of aliphatic hydroxyl groups is 1. The molecule has 0 unspecified atom stereocenters. The first-order valence-electron chi connectivity index (χ1n) is 4.89. The van der Waals surface area contributed by atoms with Gasteiger partial charge in [-0.05, 0) is 24.3 Å². The van der Waals surface area contributed by atoms with Crippen LogP contribution < -0.4 is 4.18 Å². The maximum atomic E-state index is 11.9. The number of hydrogen-bond donors (Lipinski definition) is 1. The summed E-state index contributed by atoms with van der Waals surface area (Å²) in [7, 11) is -3.90. The van der Waals surface area contributed by atoms with E-state index in [1.54, 1.807) is 5.38 Å². The molecule has 96 valence electrons. The van der Waals surface area contributed by atoms with E-state index >= 15 is 0 Å². The maximum Gasteiger partial charge on any atom is 0.339 e. The lowest BCUT2D eigenvalue weighted by Gasteiger charge is -2.06. The second kappa shape index (κ2) is 5.27. The molecule has 0 bridgehead atoms. The Morgan fingerprint density at radius 2 is 1.89 bits per heavy atom. The first kappa shape index (κ1) is 13.4. The number of hydrogen-bond acceptors (Lipinski definition) is 5. The van der Waals surface area contributed by atoms with Crippen LogP contribution in [-0.2, 0) is 16.7 Å². The second-order valence-corrected chi connectivity index (χ2v) is 6.14. The van der Waals surface area contributed by atoms with E-state index in [-0.39, 0.29) is 17.3 Å². The Morgan fingerprint density at radius 3 is 2.50 bits per heavy atom. The molecule has 0 atom stereocenters. The van der Waals surface area contributed by atoms with E-state index < -0.39 is 10.1 Å². The molecule has 1 N–H and O–H groups in total. The van der Waals surface area contributed by atoms with Gasteiger partial charge in [-0.2, -0.15) is 8.42 Å². The molecule has 0 aliphatic heterocycles. The maximum absolute atomic E-state index is 11.9. The average molecular weight is 305 g/mol. The minimum atomic E-state index is -3.90. The van der Waals surface area contributed by atoms with E-state index in [1.165, 1.54) is 41.0 Å². The second-order valence-electron chi connectivity index (χ2n) is 3.41. The predicted octanol–water partition coefficient (Wildman–Crippen LogP) is 2.66. The molecule has 2 rings (SSSR count). The lowest BCUT2D eigenvalue weighted by molar-refractivity contribution is 0.279. The van der Waals surface area contributed by atoms with Gasteiger partial charge in [-0.15, -0.1) is 11.3 Å². The Morgan fingerprint density at radius 1 is 1.22 bits per heavy atom. The van der Waals surface area contributed by atoms with Crippen LogP contribution >= 0.6 is 22.9 Å². The molecule has 4 nitrogen and oxygen atoms in total. The molecule has 7 heteroatoms. The van der Waals surface area contributed by atoms with Crippen molar-refractivity contribution in [3.05, 3.63) is 45.6 Å². The first-order chi connectivity index (χ1) is 8.53. The van der Waals surface area contributed by atoms with Gasteiger partial charge in [0.2, 0.25) is 0 Å². The van der Waals surface area contributed by atoms with Crippen LogP contribution in [-0.4, -0.2) is 13.5 Å². The van der Waals surface area contributed by atoms with E-state index in [4.69, 9.17) is 20.9 Å². The predicted molar refractivity (Wildman–Crippen MR) is 69.5 cm³/mol. The summed E-state index contributed by atoms with van der Waals surface area (Å²) in [6.45, 7) is -0.269. The van der Waals surface area contributed by atoms with Crippen molar-refractivity contribution in [1.82, 2.24) is 0 Å². The quantitative estimate of drug-likeness (QED) is 0.882. The third-order valence-corrected chi connectivity index (χ3v) is 4.45. The largest absolute Gasteiger partial charge is 0.392 e. The Hall–Kier alpha value is -1.08. The van der Waals surface area contributed by atoms with Gasteiger partial charge in [-0.1, -0.05) is 11.6 Å². The number of thiophene rings is 1. The Balaban J connectivity index is 2.30. The summed E-state index contributed by atoms with van der Waals surface area (Å²) in [5, 5.41) is 12.6. The van der Waals surface area contributed by atoms with Crippen LogP contribution in [0.15, 0.2) is 39.9 Å². The van der Waals surface area contributed by atoms with Crippen LogP contribution in [0.5, 0.6) is 5.75 Å². The SMILES string of the molecule is O=S(=O)(Oc1cscc1CO)c1ccc(Cl)cc1. The summed E-state index contributed by atoms with van der Waals surface area (Å²) in [5.74, 6) is 0.150. The first-order valence-corrected chi connectivity index (χ1v) is 7.62. The molecule has 0 amide bonds. The molecule has 2 aromatic rings. The van der Waals surface area contributed by atoms with Gasteiger partial charge in [-0.25, -0.2) is 0 Å². The summed E-state index contributed by atoms with van der Waals surface area (Å²) in [5.41, 5.74) is 0.442. The topological polar surface area (TPSA) is 63.6 Å². The highest BCUT2D eigenvalue weighted by Crippen LogP contribution is 2.27. The van der Waals surface area contributed by atoms with Crippen molar-refractivity contribution in [2.45, 2.75) is 11.5 Å². The molecule has 0 aliphatic rings. The third kappa shape index (κ3) is 2.84. The molecule has 18 heavy (non-hydrogen) atoms. The summed E-state index contributed by atoms with van der Waals surface area (Å²) in [6.07, 6.45) is 0. The van der Waals surface area contributed by atoms with E-state index in [0.717, 1.165) is 0 Å². The summed E-state index contributed by atoms with van der Waals surface area (Å²) in [4.78, 5) is 0.0157. The van der Waals surface area contributed by atoms with Crippen molar-refractivity contribution < 1.29 is 17.7 Å². The van der Waals surface area contributed by atoms with Crippen molar-refractivity contribution >= 4 is 33.1 Å². The Labute approximate surface area is 114 Å². The fraction of sp³-hybridized carbons (Fsp3) is 0.0909. The van der Waals surface area contributed by atoms with E-state index in [9.17, 15) is 8.42 Å². The van der Waals surface area contributed by atoms with Crippen molar-refractivity contribution in [1.29, 1.82) is 0 Å². The number of aliphatic hydroxyl groups excluding tert-OH is 1. The minimum Gasteiger partial charge on any atom is -0.392 e.